The number of amides is 2. The molecule has 2 rings (SSSR count). The second-order valence-electron chi connectivity index (χ2n) is 4.85. The monoisotopic (exact) mass is 226 g/mol. The Labute approximate surface area is 95.0 Å². The van der Waals surface area contributed by atoms with Crippen LogP contribution in [0.15, 0.2) is 0 Å². The van der Waals surface area contributed by atoms with Gasteiger partial charge in [0.25, 0.3) is 0 Å². The van der Waals surface area contributed by atoms with Crippen molar-refractivity contribution in [2.75, 3.05) is 20.1 Å². The van der Waals surface area contributed by atoms with Crippen molar-refractivity contribution < 1.29 is 14.7 Å². The van der Waals surface area contributed by atoms with Gasteiger partial charge in [0.05, 0.1) is 0 Å². The molecule has 2 aliphatic rings. The number of carboxylic acids is 1. The van der Waals surface area contributed by atoms with E-state index < -0.39 is 5.97 Å². The Hall–Kier alpha value is -1.26. The molecule has 0 aromatic carbocycles. The number of hydrogen-bond donors (Lipinski definition) is 1. The highest BCUT2D eigenvalue weighted by Crippen LogP contribution is 2.31. The van der Waals surface area contributed by atoms with Gasteiger partial charge in [-0.05, 0) is 25.2 Å². The molecule has 1 saturated carbocycles. The summed E-state index contributed by atoms with van der Waals surface area (Å²) in [5.74, 6) is -0.447. The van der Waals surface area contributed by atoms with Crippen molar-refractivity contribution in [3.8, 4) is 0 Å². The lowest BCUT2D eigenvalue weighted by molar-refractivity contribution is -0.137. The first-order valence-corrected chi connectivity index (χ1v) is 5.81. The van der Waals surface area contributed by atoms with Crippen LogP contribution in [0.3, 0.4) is 0 Å². The zero-order chi connectivity index (χ0) is 11.7. The van der Waals surface area contributed by atoms with E-state index in [-0.39, 0.29) is 12.5 Å². The van der Waals surface area contributed by atoms with Crippen molar-refractivity contribution in [1.29, 1.82) is 0 Å². The van der Waals surface area contributed by atoms with Crippen molar-refractivity contribution in [3.63, 3.8) is 0 Å². The molecule has 1 aliphatic heterocycles. The summed E-state index contributed by atoms with van der Waals surface area (Å²) < 4.78 is 0. The maximum Gasteiger partial charge on any atom is 0.320 e. The number of carboxylic acid groups (broad SMARTS) is 1. The molecule has 5 nitrogen and oxygen atoms in total. The molecule has 1 atom stereocenters. The van der Waals surface area contributed by atoms with E-state index in [1.165, 1.54) is 0 Å². The first-order chi connectivity index (χ1) is 7.58. The SMILES string of the molecule is CN1CC(CCC(=O)O)CN(C2CC2)C1=O. The zero-order valence-electron chi connectivity index (χ0n) is 9.56. The Morgan fingerprint density at radius 3 is 2.69 bits per heavy atom. The summed E-state index contributed by atoms with van der Waals surface area (Å²) in [6, 6.07) is 0.525. The molecule has 2 fully saturated rings. The maximum absolute atomic E-state index is 11.8. The maximum atomic E-state index is 11.8. The molecule has 0 spiro atoms. The van der Waals surface area contributed by atoms with Gasteiger partial charge in [-0.1, -0.05) is 0 Å². The number of rotatable bonds is 4. The summed E-state index contributed by atoms with van der Waals surface area (Å²) in [4.78, 5) is 26.0. The number of urea groups is 1. The van der Waals surface area contributed by atoms with Crippen molar-refractivity contribution in [2.24, 2.45) is 5.92 Å². The molecular formula is C11H18N2O3. The largest absolute Gasteiger partial charge is 0.481 e. The molecule has 5 heteroatoms. The molecule has 16 heavy (non-hydrogen) atoms. The lowest BCUT2D eigenvalue weighted by Crippen LogP contribution is -2.52. The second kappa shape index (κ2) is 4.31. The van der Waals surface area contributed by atoms with Crippen LogP contribution in [-0.4, -0.2) is 53.1 Å². The van der Waals surface area contributed by atoms with E-state index >= 15 is 0 Å². The predicted molar refractivity (Wildman–Crippen MR) is 58.1 cm³/mol. The number of aliphatic carboxylic acids is 1. The summed E-state index contributed by atoms with van der Waals surface area (Å²) in [5, 5.41) is 8.66. The van der Waals surface area contributed by atoms with Gasteiger partial charge in [0.1, 0.15) is 0 Å². The average Bonchev–Trinajstić information content (AvgIpc) is 3.03. The highest BCUT2D eigenvalue weighted by Gasteiger charge is 2.38. The summed E-state index contributed by atoms with van der Waals surface area (Å²) in [6.07, 6.45) is 3.07. The van der Waals surface area contributed by atoms with Crippen LogP contribution < -0.4 is 0 Å². The molecule has 0 aromatic heterocycles. The van der Waals surface area contributed by atoms with Crippen LogP contribution in [0.1, 0.15) is 25.7 Å². The van der Waals surface area contributed by atoms with Crippen LogP contribution >= 0.6 is 0 Å². The van der Waals surface area contributed by atoms with Gasteiger partial charge in [-0.2, -0.15) is 0 Å². The molecule has 1 N–H and O–H groups in total. The predicted octanol–water partition coefficient (Wildman–Crippen LogP) is 0.997. The Kier molecular flexibility index (Phi) is 3.03. The Morgan fingerprint density at radius 2 is 2.12 bits per heavy atom. The molecule has 1 aliphatic carbocycles. The van der Waals surface area contributed by atoms with E-state index in [2.05, 4.69) is 0 Å². The van der Waals surface area contributed by atoms with Gasteiger partial charge in [0, 0.05) is 32.6 Å². The van der Waals surface area contributed by atoms with Crippen LogP contribution in [0.4, 0.5) is 4.79 Å². The van der Waals surface area contributed by atoms with Crippen LogP contribution in [0, 0.1) is 5.92 Å². The normalized spacial score (nSPS) is 26.1. The minimum atomic E-state index is -0.752. The number of carbonyl (C=O) groups is 2. The van der Waals surface area contributed by atoms with E-state index in [0.29, 0.717) is 24.9 Å². The van der Waals surface area contributed by atoms with Crippen molar-refractivity contribution in [1.82, 2.24) is 9.80 Å². The Balaban J connectivity index is 1.90. The first kappa shape index (κ1) is 11.2. The van der Waals surface area contributed by atoms with Crippen LogP contribution in [0.25, 0.3) is 0 Å². The lowest BCUT2D eigenvalue weighted by Gasteiger charge is -2.38. The summed E-state index contributed by atoms with van der Waals surface area (Å²) in [5.41, 5.74) is 0. The van der Waals surface area contributed by atoms with Crippen LogP contribution in [-0.2, 0) is 4.79 Å². The fourth-order valence-corrected chi connectivity index (χ4v) is 2.30. The summed E-state index contributed by atoms with van der Waals surface area (Å²) in [7, 11) is 1.80. The number of nitrogens with zero attached hydrogens (tertiary/aromatic N) is 2. The zero-order valence-corrected chi connectivity index (χ0v) is 9.56. The van der Waals surface area contributed by atoms with Gasteiger partial charge >= 0.3 is 12.0 Å². The number of carbonyl (C=O) groups excluding carboxylic acids is 1. The minimum absolute atomic E-state index is 0.106. The molecular weight excluding hydrogens is 208 g/mol. The quantitative estimate of drug-likeness (QED) is 0.777. The average molecular weight is 226 g/mol. The molecule has 1 heterocycles. The highest BCUT2D eigenvalue weighted by atomic mass is 16.4. The van der Waals surface area contributed by atoms with Gasteiger partial charge in [-0.15, -0.1) is 0 Å². The fourth-order valence-electron chi connectivity index (χ4n) is 2.30. The Morgan fingerprint density at radius 1 is 1.44 bits per heavy atom. The molecule has 1 saturated heterocycles. The summed E-state index contributed by atoms with van der Waals surface area (Å²) >= 11 is 0. The third-order valence-electron chi connectivity index (χ3n) is 3.31. The second-order valence-corrected chi connectivity index (χ2v) is 4.85. The molecule has 0 radical (unpaired) electrons. The van der Waals surface area contributed by atoms with Crippen LogP contribution in [0.5, 0.6) is 0 Å². The molecule has 0 bridgehead atoms. The standard InChI is InChI=1S/C11H18N2O3/c1-12-6-8(2-5-10(14)15)7-13(11(12)16)9-3-4-9/h8-9H,2-7H2,1H3,(H,14,15). The minimum Gasteiger partial charge on any atom is -0.481 e. The lowest BCUT2D eigenvalue weighted by atomic mass is 10.00. The van der Waals surface area contributed by atoms with Gasteiger partial charge in [-0.3, -0.25) is 4.79 Å². The third kappa shape index (κ3) is 2.46. The van der Waals surface area contributed by atoms with E-state index in [1.54, 1.807) is 11.9 Å². The smallest absolute Gasteiger partial charge is 0.320 e. The summed E-state index contributed by atoms with van der Waals surface area (Å²) in [6.45, 7) is 1.43. The molecule has 2 amide bonds. The van der Waals surface area contributed by atoms with E-state index in [1.807, 2.05) is 4.90 Å². The fraction of sp³-hybridized carbons (Fsp3) is 0.818. The van der Waals surface area contributed by atoms with Gasteiger partial charge < -0.3 is 14.9 Å². The van der Waals surface area contributed by atoms with Gasteiger partial charge in [0.15, 0.2) is 0 Å². The van der Waals surface area contributed by atoms with Crippen molar-refractivity contribution >= 4 is 12.0 Å². The van der Waals surface area contributed by atoms with E-state index in [9.17, 15) is 9.59 Å². The van der Waals surface area contributed by atoms with Crippen molar-refractivity contribution in [2.45, 2.75) is 31.7 Å². The van der Waals surface area contributed by atoms with Crippen LogP contribution in [0.2, 0.25) is 0 Å². The van der Waals surface area contributed by atoms with Crippen molar-refractivity contribution in [3.05, 3.63) is 0 Å². The topological polar surface area (TPSA) is 60.9 Å². The van der Waals surface area contributed by atoms with Gasteiger partial charge in [0.2, 0.25) is 0 Å². The molecule has 0 aromatic rings. The number of hydrogen-bond acceptors (Lipinski definition) is 2. The van der Waals surface area contributed by atoms with Gasteiger partial charge in [-0.25, -0.2) is 4.79 Å². The molecule has 90 valence electrons. The molecule has 1 unspecified atom stereocenters. The highest BCUT2D eigenvalue weighted by molar-refractivity contribution is 5.75. The Bertz CT molecular complexity index is 302. The van der Waals surface area contributed by atoms with E-state index in [0.717, 1.165) is 19.4 Å². The van der Waals surface area contributed by atoms with E-state index in [4.69, 9.17) is 5.11 Å². The third-order valence-corrected chi connectivity index (χ3v) is 3.31. The first-order valence-electron chi connectivity index (χ1n) is 5.81.